The molecule has 1 spiro atoms. The summed E-state index contributed by atoms with van der Waals surface area (Å²) >= 11 is 12.3. The van der Waals surface area contributed by atoms with Gasteiger partial charge in [0.15, 0.2) is 0 Å². The molecule has 1 N–H and O–H groups in total. The number of rotatable bonds is 1. The Bertz CT molecular complexity index is 855. The maximum Gasteiger partial charge on any atom is 0.147 e. The lowest BCUT2D eigenvalue weighted by Gasteiger charge is -2.35. The molecule has 3 heterocycles. The van der Waals surface area contributed by atoms with Crippen LogP contribution >= 0.6 is 23.2 Å². The molecule has 2 aromatic rings. The minimum Gasteiger partial charge on any atom is -0.317 e. The summed E-state index contributed by atoms with van der Waals surface area (Å²) in [5.74, 6) is 2.22. The number of nitrogens with zero attached hydrogens (tertiary/aromatic N) is 2. The van der Waals surface area contributed by atoms with Gasteiger partial charge in [0.1, 0.15) is 16.8 Å². The highest BCUT2D eigenvalue weighted by atomic mass is 35.5. The smallest absolute Gasteiger partial charge is 0.147 e. The number of anilines is 2. The minimum atomic E-state index is -0.358. The van der Waals surface area contributed by atoms with Crippen molar-refractivity contribution in [3.63, 3.8) is 0 Å². The van der Waals surface area contributed by atoms with E-state index in [4.69, 9.17) is 23.2 Å². The summed E-state index contributed by atoms with van der Waals surface area (Å²) in [4.78, 5) is 18.0. The number of fused-ring (bicyclic) bond motifs is 2. The fourth-order valence-electron chi connectivity index (χ4n) is 3.85. The molecule has 0 unspecified atom stereocenters. The van der Waals surface area contributed by atoms with Crippen LogP contribution in [0.3, 0.4) is 0 Å². The first kappa shape index (κ1) is 15.7. The van der Waals surface area contributed by atoms with Crippen LogP contribution in [0, 0.1) is 0 Å². The number of nitrogens with one attached hydrogen (secondary N) is 1. The molecule has 1 aromatic carbocycles. The first-order valence-electron chi connectivity index (χ1n) is 7.84. The Balaban J connectivity index is 1.97. The third-order valence-corrected chi connectivity index (χ3v) is 5.36. The monoisotopic (exact) mass is 359 g/mol. The van der Waals surface area contributed by atoms with Crippen LogP contribution in [0.2, 0.25) is 10.2 Å². The van der Waals surface area contributed by atoms with E-state index in [9.17, 15) is 4.79 Å². The molecule has 4 rings (SSSR count). The highest BCUT2D eigenvalue weighted by Gasteiger charge is 2.49. The average Bonchev–Trinajstić information content (AvgIpc) is 2.85. The highest BCUT2D eigenvalue weighted by molar-refractivity contribution is 6.31. The van der Waals surface area contributed by atoms with Gasteiger partial charge in [-0.3, -0.25) is 0 Å². The van der Waals surface area contributed by atoms with Gasteiger partial charge in [0.05, 0.1) is 16.8 Å². The molecular weight excluding hydrogens is 345 g/mol. The number of piperidine rings is 1. The normalized spacial score (nSPS) is 18.6. The summed E-state index contributed by atoms with van der Waals surface area (Å²) in [6.07, 6.45) is 3.31. The van der Waals surface area contributed by atoms with Crippen molar-refractivity contribution < 1.29 is 4.79 Å². The second-order valence-electron chi connectivity index (χ2n) is 6.12. The number of hydrogen-bond acceptors (Lipinski definition) is 4. The number of benzene rings is 1. The lowest BCUT2D eigenvalue weighted by atomic mass is 9.73. The van der Waals surface area contributed by atoms with Crippen LogP contribution in [0.4, 0.5) is 11.4 Å². The van der Waals surface area contributed by atoms with Crippen molar-refractivity contribution in [1.29, 1.82) is 0 Å². The van der Waals surface area contributed by atoms with Gasteiger partial charge < -0.3 is 10.2 Å². The Labute approximate surface area is 150 Å². The molecule has 24 heavy (non-hydrogen) atoms. The number of pyridine rings is 1. The molecule has 0 saturated carbocycles. The van der Waals surface area contributed by atoms with Crippen LogP contribution in [-0.4, -0.2) is 24.0 Å². The summed E-state index contributed by atoms with van der Waals surface area (Å²) in [6.45, 7) is 1.70. The third-order valence-electron chi connectivity index (χ3n) is 4.91. The molecule has 6 heteroatoms. The number of halogens is 2. The molecule has 2 aliphatic rings. The van der Waals surface area contributed by atoms with Crippen molar-refractivity contribution in [2.75, 3.05) is 18.0 Å². The Kier molecular flexibility index (Phi) is 3.86. The Morgan fingerprint density at radius 1 is 1.17 bits per heavy atom. The van der Waals surface area contributed by atoms with Crippen LogP contribution in [0.5, 0.6) is 0 Å². The Morgan fingerprint density at radius 3 is 2.67 bits per heavy atom. The summed E-state index contributed by atoms with van der Waals surface area (Å²) in [7, 11) is 0. The largest absolute Gasteiger partial charge is 0.317 e. The fourth-order valence-corrected chi connectivity index (χ4v) is 4.19. The first-order chi connectivity index (χ1) is 11.7. The molecule has 1 saturated heterocycles. The second-order valence-corrected chi connectivity index (χ2v) is 6.94. The quantitative estimate of drug-likeness (QED) is 0.619. The Morgan fingerprint density at radius 2 is 1.96 bits per heavy atom. The van der Waals surface area contributed by atoms with E-state index < -0.39 is 0 Å². The molecule has 0 aliphatic carbocycles. The van der Waals surface area contributed by atoms with E-state index in [0.717, 1.165) is 42.9 Å². The molecule has 0 amide bonds. The van der Waals surface area contributed by atoms with Gasteiger partial charge in [-0.15, -0.1) is 0 Å². The first-order valence-corrected chi connectivity index (χ1v) is 8.59. The van der Waals surface area contributed by atoms with Crippen LogP contribution in [0.1, 0.15) is 18.4 Å². The molecule has 0 bridgehead atoms. The molecule has 1 aromatic heterocycles. The van der Waals surface area contributed by atoms with Crippen LogP contribution in [0.25, 0.3) is 0 Å². The lowest BCUT2D eigenvalue weighted by Crippen LogP contribution is -2.41. The van der Waals surface area contributed by atoms with E-state index >= 15 is 0 Å². The summed E-state index contributed by atoms with van der Waals surface area (Å²) in [5, 5.41) is 4.43. The van der Waals surface area contributed by atoms with Crippen molar-refractivity contribution in [1.82, 2.24) is 10.3 Å². The predicted molar refractivity (Wildman–Crippen MR) is 95.8 cm³/mol. The number of carbonyl (C=O) groups excluding carboxylic acids is 1. The SMILES string of the molecule is O=C=C1N(c2ccnc(Cl)c2)c2ccc(Cl)cc2C12CCNCC2. The van der Waals surface area contributed by atoms with Gasteiger partial charge in [-0.25, -0.2) is 9.78 Å². The fraction of sp³-hybridized carbons (Fsp3) is 0.278. The van der Waals surface area contributed by atoms with Crippen molar-refractivity contribution in [2.45, 2.75) is 18.3 Å². The average molecular weight is 360 g/mol. The lowest BCUT2D eigenvalue weighted by molar-refractivity contribution is 0.364. The zero-order chi connectivity index (χ0) is 16.7. The van der Waals surface area contributed by atoms with Gasteiger partial charge >= 0.3 is 0 Å². The molecule has 122 valence electrons. The van der Waals surface area contributed by atoms with Gasteiger partial charge in [0, 0.05) is 11.2 Å². The number of aromatic nitrogens is 1. The van der Waals surface area contributed by atoms with Gasteiger partial charge in [0.2, 0.25) is 0 Å². The van der Waals surface area contributed by atoms with Gasteiger partial charge in [-0.1, -0.05) is 23.2 Å². The van der Waals surface area contributed by atoms with E-state index in [1.54, 1.807) is 12.3 Å². The zero-order valence-corrected chi connectivity index (χ0v) is 14.4. The highest BCUT2D eigenvalue weighted by Crippen LogP contribution is 2.55. The predicted octanol–water partition coefficient (Wildman–Crippen LogP) is 3.88. The molecule has 2 aliphatic heterocycles. The van der Waals surface area contributed by atoms with Crippen molar-refractivity contribution in [3.8, 4) is 0 Å². The molecule has 0 atom stereocenters. The van der Waals surface area contributed by atoms with Gasteiger partial charge in [-0.05, 0) is 61.8 Å². The molecule has 1 fully saturated rings. The molecule has 0 radical (unpaired) electrons. The van der Waals surface area contributed by atoms with E-state index in [-0.39, 0.29) is 5.41 Å². The van der Waals surface area contributed by atoms with Gasteiger partial charge in [-0.2, -0.15) is 0 Å². The maximum absolute atomic E-state index is 12.0. The zero-order valence-electron chi connectivity index (χ0n) is 12.9. The Hall–Kier alpha value is -1.84. The van der Waals surface area contributed by atoms with Crippen LogP contribution in [0.15, 0.2) is 42.2 Å². The maximum atomic E-state index is 12.0. The molecule has 4 nitrogen and oxygen atoms in total. The number of hydrogen-bond donors (Lipinski definition) is 1. The summed E-state index contributed by atoms with van der Waals surface area (Å²) < 4.78 is 0. The number of allylic oxidation sites excluding steroid dienone is 1. The minimum absolute atomic E-state index is 0.358. The van der Waals surface area contributed by atoms with E-state index in [0.29, 0.717) is 15.9 Å². The van der Waals surface area contributed by atoms with E-state index in [2.05, 4.69) is 16.2 Å². The van der Waals surface area contributed by atoms with Crippen molar-refractivity contribution in [2.24, 2.45) is 0 Å². The molecular formula is C18H15Cl2N3O. The van der Waals surface area contributed by atoms with E-state index in [1.165, 1.54) is 0 Å². The third kappa shape index (κ3) is 2.27. The topological polar surface area (TPSA) is 45.2 Å². The summed E-state index contributed by atoms with van der Waals surface area (Å²) in [6, 6.07) is 9.39. The summed E-state index contributed by atoms with van der Waals surface area (Å²) in [5.41, 5.74) is 3.13. The second kappa shape index (κ2) is 5.91. The van der Waals surface area contributed by atoms with Crippen LogP contribution in [-0.2, 0) is 10.2 Å². The van der Waals surface area contributed by atoms with E-state index in [1.807, 2.05) is 29.2 Å². The van der Waals surface area contributed by atoms with Crippen LogP contribution < -0.4 is 10.2 Å². The van der Waals surface area contributed by atoms with Crippen molar-refractivity contribution in [3.05, 3.63) is 58.0 Å². The van der Waals surface area contributed by atoms with Gasteiger partial charge in [0.25, 0.3) is 0 Å². The standard InChI is InChI=1S/C18H15Cl2N3O/c19-12-1-2-15-14(9-12)18(4-7-21-8-5-18)16(11-24)23(15)13-3-6-22-17(20)10-13/h1-3,6,9-10,21H,4-5,7-8H2. The van der Waals surface area contributed by atoms with Crippen molar-refractivity contribution >= 4 is 40.5 Å².